The third kappa shape index (κ3) is 5.26. The molecule has 35 heavy (non-hydrogen) atoms. The van der Waals surface area contributed by atoms with Crippen LogP contribution in [0.25, 0.3) is 11.0 Å². The van der Waals surface area contributed by atoms with Crippen molar-refractivity contribution in [2.45, 2.75) is 13.1 Å². The highest BCUT2D eigenvalue weighted by Gasteiger charge is 2.40. The minimum absolute atomic E-state index is 0.0745. The molecular formula is C25H16F3IO6. The maximum atomic E-state index is 13.9. The molecule has 180 valence electrons. The van der Waals surface area contributed by atoms with Crippen molar-refractivity contribution >= 4 is 39.5 Å². The van der Waals surface area contributed by atoms with E-state index in [-0.39, 0.29) is 34.8 Å². The quantitative estimate of drug-likeness (QED) is 0.138. The number of fused-ring (bicyclic) bond motifs is 1. The first-order valence-corrected chi connectivity index (χ1v) is 11.3. The summed E-state index contributed by atoms with van der Waals surface area (Å²) >= 11 is 1.96. The number of alkyl halides is 3. The van der Waals surface area contributed by atoms with Gasteiger partial charge in [-0.05, 0) is 65.9 Å². The third-order valence-corrected chi connectivity index (χ3v) is 5.69. The molecule has 3 aromatic carbocycles. The van der Waals surface area contributed by atoms with Crippen LogP contribution in [0.5, 0.6) is 23.0 Å². The van der Waals surface area contributed by atoms with Crippen molar-refractivity contribution in [3.05, 3.63) is 91.8 Å². The van der Waals surface area contributed by atoms with E-state index in [1.54, 1.807) is 37.3 Å². The molecule has 10 heteroatoms. The van der Waals surface area contributed by atoms with Gasteiger partial charge in [0.15, 0.2) is 11.5 Å². The fraction of sp³-hybridized carbons (Fsp3) is 0.120. The van der Waals surface area contributed by atoms with Gasteiger partial charge in [0.1, 0.15) is 11.3 Å². The summed E-state index contributed by atoms with van der Waals surface area (Å²) in [7, 11) is 0. The zero-order chi connectivity index (χ0) is 25.2. The maximum absolute atomic E-state index is 13.9. The molecule has 0 aliphatic rings. The monoisotopic (exact) mass is 596 g/mol. The summed E-state index contributed by atoms with van der Waals surface area (Å²) in [4.78, 5) is 25.5. The lowest BCUT2D eigenvalue weighted by Crippen LogP contribution is -2.16. The average Bonchev–Trinajstić information content (AvgIpc) is 2.81. The first-order chi connectivity index (χ1) is 16.7. The van der Waals surface area contributed by atoms with Crippen molar-refractivity contribution in [1.82, 2.24) is 0 Å². The number of rotatable bonds is 6. The van der Waals surface area contributed by atoms with Gasteiger partial charge < -0.3 is 18.6 Å². The molecular weight excluding hydrogens is 580 g/mol. The second kappa shape index (κ2) is 9.98. The lowest BCUT2D eigenvalue weighted by atomic mass is 10.2. The fourth-order valence-electron chi connectivity index (χ4n) is 3.21. The van der Waals surface area contributed by atoms with E-state index in [9.17, 15) is 22.8 Å². The SMILES string of the molecule is CCOc1ccccc1Oc1c(C(F)(F)F)oc2cc(OC(=O)c3ccccc3I)ccc2c1=O. The van der Waals surface area contributed by atoms with Crippen LogP contribution in [0.15, 0.2) is 75.9 Å². The molecule has 0 atom stereocenters. The summed E-state index contributed by atoms with van der Waals surface area (Å²) in [5, 5.41) is -0.184. The number of carbonyl (C=O) groups excluding carboxylic acids is 1. The van der Waals surface area contributed by atoms with E-state index in [0.717, 1.165) is 6.07 Å². The van der Waals surface area contributed by atoms with Crippen LogP contribution >= 0.6 is 22.6 Å². The number of ether oxygens (including phenoxy) is 3. The largest absolute Gasteiger partial charge is 0.490 e. The van der Waals surface area contributed by atoms with E-state index in [1.165, 1.54) is 30.3 Å². The van der Waals surface area contributed by atoms with Crippen molar-refractivity contribution in [2.24, 2.45) is 0 Å². The summed E-state index contributed by atoms with van der Waals surface area (Å²) in [5.41, 5.74) is -1.18. The summed E-state index contributed by atoms with van der Waals surface area (Å²) < 4.78 is 63.3. The Balaban J connectivity index is 1.77. The Morgan fingerprint density at radius 3 is 2.37 bits per heavy atom. The van der Waals surface area contributed by atoms with Crippen LogP contribution in [0.3, 0.4) is 0 Å². The van der Waals surface area contributed by atoms with Gasteiger partial charge in [-0.2, -0.15) is 13.2 Å². The molecule has 0 amide bonds. The molecule has 4 rings (SSSR count). The van der Waals surface area contributed by atoms with E-state index in [1.807, 2.05) is 22.6 Å². The van der Waals surface area contributed by atoms with Gasteiger partial charge in [-0.1, -0.05) is 24.3 Å². The van der Waals surface area contributed by atoms with Crippen LogP contribution in [0.1, 0.15) is 23.0 Å². The molecule has 1 aromatic heterocycles. The number of esters is 1. The normalized spacial score (nSPS) is 11.3. The first kappa shape index (κ1) is 24.6. The fourth-order valence-corrected chi connectivity index (χ4v) is 3.81. The van der Waals surface area contributed by atoms with Gasteiger partial charge >= 0.3 is 12.1 Å². The van der Waals surface area contributed by atoms with Gasteiger partial charge in [0, 0.05) is 9.64 Å². The summed E-state index contributed by atoms with van der Waals surface area (Å²) in [6.45, 7) is 1.94. The Kier molecular flexibility index (Phi) is 7.01. The van der Waals surface area contributed by atoms with Crippen LogP contribution in [-0.4, -0.2) is 12.6 Å². The van der Waals surface area contributed by atoms with Crippen molar-refractivity contribution < 1.29 is 36.6 Å². The molecule has 1 heterocycles. The lowest BCUT2D eigenvalue weighted by Gasteiger charge is -2.15. The number of para-hydroxylation sites is 2. The maximum Gasteiger partial charge on any atom is 0.453 e. The average molecular weight is 596 g/mol. The Labute approximate surface area is 210 Å². The van der Waals surface area contributed by atoms with Crippen molar-refractivity contribution in [2.75, 3.05) is 6.61 Å². The number of halogens is 4. The second-order valence-corrected chi connectivity index (χ2v) is 8.26. The van der Waals surface area contributed by atoms with Gasteiger partial charge in [-0.25, -0.2) is 4.79 Å². The summed E-state index contributed by atoms with van der Waals surface area (Å²) in [6, 6.07) is 16.2. The molecule has 4 aromatic rings. The highest BCUT2D eigenvalue weighted by Crippen LogP contribution is 2.40. The van der Waals surface area contributed by atoms with Crippen molar-refractivity contribution in [3.63, 3.8) is 0 Å². The van der Waals surface area contributed by atoms with Crippen LogP contribution in [0.4, 0.5) is 13.2 Å². The highest BCUT2D eigenvalue weighted by molar-refractivity contribution is 14.1. The van der Waals surface area contributed by atoms with E-state index in [4.69, 9.17) is 18.6 Å². The van der Waals surface area contributed by atoms with E-state index in [2.05, 4.69) is 0 Å². The Morgan fingerprint density at radius 1 is 1.00 bits per heavy atom. The standard InChI is InChI=1S/C25H16F3IO6/c1-2-32-18-9-5-6-10-19(18)34-22-21(30)16-12-11-14(13-20(16)35-23(22)25(26,27)28)33-24(31)15-7-3-4-8-17(15)29/h3-13H,2H2,1H3. The molecule has 0 N–H and O–H groups in total. The van der Waals surface area contributed by atoms with E-state index < -0.39 is 34.7 Å². The third-order valence-electron chi connectivity index (χ3n) is 4.74. The van der Waals surface area contributed by atoms with Gasteiger partial charge in [0.05, 0.1) is 17.6 Å². The molecule has 0 aliphatic heterocycles. The number of hydrogen-bond donors (Lipinski definition) is 0. The number of carbonyl (C=O) groups is 1. The molecule has 0 aliphatic carbocycles. The van der Waals surface area contributed by atoms with Crippen molar-refractivity contribution in [1.29, 1.82) is 0 Å². The summed E-state index contributed by atoms with van der Waals surface area (Å²) in [5.74, 6) is -3.35. The molecule has 0 spiro atoms. The zero-order valence-corrected chi connectivity index (χ0v) is 20.2. The predicted octanol–water partition coefficient (Wildman–Crippen LogP) is 6.83. The smallest absolute Gasteiger partial charge is 0.453 e. The minimum atomic E-state index is -5.05. The molecule has 0 saturated heterocycles. The molecule has 0 bridgehead atoms. The minimum Gasteiger partial charge on any atom is -0.490 e. The lowest BCUT2D eigenvalue weighted by molar-refractivity contribution is -0.154. The van der Waals surface area contributed by atoms with Gasteiger partial charge in [-0.15, -0.1) is 0 Å². The first-order valence-electron chi connectivity index (χ1n) is 10.2. The Bertz CT molecular complexity index is 1460. The topological polar surface area (TPSA) is 75.0 Å². The van der Waals surface area contributed by atoms with Gasteiger partial charge in [0.2, 0.25) is 11.2 Å². The highest BCUT2D eigenvalue weighted by atomic mass is 127. The summed E-state index contributed by atoms with van der Waals surface area (Å²) in [6.07, 6.45) is -5.05. The number of hydrogen-bond acceptors (Lipinski definition) is 6. The van der Waals surface area contributed by atoms with Crippen LogP contribution in [0, 0.1) is 3.57 Å². The van der Waals surface area contributed by atoms with Crippen LogP contribution in [0.2, 0.25) is 0 Å². The van der Waals surface area contributed by atoms with Gasteiger partial charge in [-0.3, -0.25) is 4.79 Å². The molecule has 0 saturated carbocycles. The van der Waals surface area contributed by atoms with Crippen LogP contribution < -0.4 is 19.6 Å². The predicted molar refractivity (Wildman–Crippen MR) is 129 cm³/mol. The Morgan fingerprint density at radius 2 is 1.69 bits per heavy atom. The van der Waals surface area contributed by atoms with Crippen LogP contribution in [-0.2, 0) is 6.18 Å². The second-order valence-electron chi connectivity index (χ2n) is 7.10. The molecule has 6 nitrogen and oxygen atoms in total. The number of benzene rings is 3. The van der Waals surface area contributed by atoms with E-state index in [0.29, 0.717) is 3.57 Å². The molecule has 0 unspecified atom stereocenters. The van der Waals surface area contributed by atoms with Crippen molar-refractivity contribution in [3.8, 4) is 23.0 Å². The van der Waals surface area contributed by atoms with Gasteiger partial charge in [0.25, 0.3) is 5.76 Å². The zero-order valence-electron chi connectivity index (χ0n) is 18.0. The molecule has 0 radical (unpaired) electrons. The van der Waals surface area contributed by atoms with E-state index >= 15 is 0 Å². The molecule has 0 fully saturated rings. The Hall–Kier alpha value is -3.54.